The lowest BCUT2D eigenvalue weighted by Gasteiger charge is -2.30. The number of rotatable bonds is 5. The maximum Gasteiger partial charge on any atom is 0.250 e. The van der Waals surface area contributed by atoms with Crippen LogP contribution in [0, 0.1) is 0 Å². The lowest BCUT2D eigenvalue weighted by atomic mass is 10.1. The van der Waals surface area contributed by atoms with Crippen molar-refractivity contribution in [2.45, 2.75) is 25.8 Å². The molecule has 2 aromatic rings. The molecule has 1 saturated heterocycles. The van der Waals surface area contributed by atoms with Crippen LogP contribution in [0.4, 0.5) is 11.4 Å². The van der Waals surface area contributed by atoms with Gasteiger partial charge in [-0.05, 0) is 49.0 Å². The van der Waals surface area contributed by atoms with Gasteiger partial charge in [-0.15, -0.1) is 5.10 Å². The molecule has 6 nitrogen and oxygen atoms in total. The van der Waals surface area contributed by atoms with Crippen molar-refractivity contribution in [2.24, 2.45) is 5.73 Å². The molecule has 0 unspecified atom stereocenters. The molecule has 2 heterocycles. The number of nitrogens with zero attached hydrogens (tertiary/aromatic N) is 3. The van der Waals surface area contributed by atoms with Gasteiger partial charge < -0.3 is 16.0 Å². The Labute approximate surface area is 133 Å². The molecule has 0 aliphatic carbocycles. The Bertz CT molecular complexity index is 637. The summed E-state index contributed by atoms with van der Waals surface area (Å²) in [5, 5.41) is 9.24. The van der Waals surface area contributed by atoms with Crippen molar-refractivity contribution in [2.75, 3.05) is 23.3 Å². The minimum atomic E-state index is -0.379. The zero-order valence-electron chi connectivity index (χ0n) is 12.3. The van der Waals surface area contributed by atoms with Crippen LogP contribution in [0.15, 0.2) is 23.6 Å². The monoisotopic (exact) mass is 317 g/mol. The standard InChI is InChI=1S/C15H19N5OS/c16-15(21)13-5-4-11(17-9-12-10-22-19-18-12)8-14(13)20-6-2-1-3-7-20/h4-5,8,10,17H,1-3,6-7,9H2,(H2,16,21). The Kier molecular flexibility index (Phi) is 4.53. The summed E-state index contributed by atoms with van der Waals surface area (Å²) in [6, 6.07) is 5.69. The Morgan fingerprint density at radius 1 is 1.32 bits per heavy atom. The Balaban J connectivity index is 1.81. The van der Waals surface area contributed by atoms with Gasteiger partial charge in [0.05, 0.1) is 23.5 Å². The van der Waals surface area contributed by atoms with E-state index in [-0.39, 0.29) is 5.91 Å². The van der Waals surface area contributed by atoms with Gasteiger partial charge in [-0.25, -0.2) is 0 Å². The summed E-state index contributed by atoms with van der Waals surface area (Å²) >= 11 is 1.34. The third-order valence-corrected chi connectivity index (χ3v) is 4.39. The number of piperidine rings is 1. The van der Waals surface area contributed by atoms with E-state index in [1.807, 2.05) is 17.5 Å². The van der Waals surface area contributed by atoms with E-state index < -0.39 is 0 Å². The summed E-state index contributed by atoms with van der Waals surface area (Å²) in [5.74, 6) is -0.379. The zero-order valence-corrected chi connectivity index (χ0v) is 13.1. The Morgan fingerprint density at radius 3 is 2.82 bits per heavy atom. The molecular formula is C15H19N5OS. The second-order valence-electron chi connectivity index (χ2n) is 5.39. The summed E-state index contributed by atoms with van der Waals surface area (Å²) in [5.41, 5.74) is 8.89. The van der Waals surface area contributed by atoms with Crippen molar-refractivity contribution in [3.05, 3.63) is 34.8 Å². The number of nitrogens with one attached hydrogen (secondary N) is 1. The topological polar surface area (TPSA) is 84.1 Å². The van der Waals surface area contributed by atoms with Crippen LogP contribution in [-0.2, 0) is 6.54 Å². The second kappa shape index (κ2) is 6.74. The van der Waals surface area contributed by atoms with E-state index in [0.717, 1.165) is 43.0 Å². The smallest absolute Gasteiger partial charge is 0.250 e. The largest absolute Gasteiger partial charge is 0.379 e. The van der Waals surface area contributed by atoms with Crippen molar-refractivity contribution >= 4 is 28.8 Å². The molecule has 1 aromatic heterocycles. The number of nitrogens with two attached hydrogens (primary N) is 1. The minimum absolute atomic E-state index is 0.379. The fourth-order valence-corrected chi connectivity index (χ4v) is 3.15. The third-order valence-electron chi connectivity index (χ3n) is 3.84. The molecule has 0 atom stereocenters. The maximum absolute atomic E-state index is 11.7. The molecule has 1 aliphatic heterocycles. The quantitative estimate of drug-likeness (QED) is 0.883. The number of carbonyl (C=O) groups excluding carboxylic acids is 1. The van der Waals surface area contributed by atoms with Gasteiger partial charge in [0.15, 0.2) is 0 Å². The number of anilines is 2. The highest BCUT2D eigenvalue weighted by molar-refractivity contribution is 7.03. The van der Waals surface area contributed by atoms with Crippen molar-refractivity contribution < 1.29 is 4.79 Å². The average molecular weight is 317 g/mol. The van der Waals surface area contributed by atoms with Crippen molar-refractivity contribution in [3.8, 4) is 0 Å². The number of carbonyl (C=O) groups is 1. The van der Waals surface area contributed by atoms with Crippen LogP contribution in [0.3, 0.4) is 0 Å². The van der Waals surface area contributed by atoms with Crippen molar-refractivity contribution in [1.82, 2.24) is 9.59 Å². The molecule has 116 valence electrons. The highest BCUT2D eigenvalue weighted by Gasteiger charge is 2.17. The molecule has 1 amide bonds. The van der Waals surface area contributed by atoms with E-state index in [9.17, 15) is 4.79 Å². The number of hydrogen-bond donors (Lipinski definition) is 2. The molecule has 1 aromatic carbocycles. The lowest BCUT2D eigenvalue weighted by molar-refractivity contribution is 0.100. The summed E-state index contributed by atoms with van der Waals surface area (Å²) in [6.07, 6.45) is 3.55. The molecule has 1 aliphatic rings. The van der Waals surface area contributed by atoms with Gasteiger partial charge in [0.2, 0.25) is 0 Å². The Hall–Kier alpha value is -2.15. The van der Waals surface area contributed by atoms with E-state index in [1.54, 1.807) is 6.07 Å². The number of hydrogen-bond acceptors (Lipinski definition) is 6. The first kappa shape index (κ1) is 14.8. The van der Waals surface area contributed by atoms with Crippen LogP contribution in [-0.4, -0.2) is 28.6 Å². The van der Waals surface area contributed by atoms with Crippen LogP contribution in [0.2, 0.25) is 0 Å². The van der Waals surface area contributed by atoms with E-state index >= 15 is 0 Å². The van der Waals surface area contributed by atoms with E-state index in [4.69, 9.17) is 5.73 Å². The minimum Gasteiger partial charge on any atom is -0.379 e. The van der Waals surface area contributed by atoms with Gasteiger partial charge in [-0.1, -0.05) is 4.49 Å². The Morgan fingerprint density at radius 2 is 2.14 bits per heavy atom. The van der Waals surface area contributed by atoms with Crippen LogP contribution in [0.5, 0.6) is 0 Å². The fourth-order valence-electron chi connectivity index (χ4n) is 2.70. The van der Waals surface area contributed by atoms with E-state index in [1.165, 1.54) is 18.0 Å². The number of aromatic nitrogens is 2. The maximum atomic E-state index is 11.7. The summed E-state index contributed by atoms with van der Waals surface area (Å²) in [4.78, 5) is 13.9. The third kappa shape index (κ3) is 3.36. The predicted octanol–water partition coefficient (Wildman–Crippen LogP) is 2.24. The molecule has 0 spiro atoms. The van der Waals surface area contributed by atoms with Gasteiger partial charge in [-0.2, -0.15) is 0 Å². The first-order chi connectivity index (χ1) is 10.7. The van der Waals surface area contributed by atoms with Gasteiger partial charge in [0.25, 0.3) is 5.91 Å². The number of benzene rings is 1. The SMILES string of the molecule is NC(=O)c1ccc(NCc2csnn2)cc1N1CCCCC1. The summed E-state index contributed by atoms with van der Waals surface area (Å²) in [6.45, 7) is 2.56. The van der Waals surface area contributed by atoms with E-state index in [2.05, 4.69) is 19.8 Å². The second-order valence-corrected chi connectivity index (χ2v) is 6.00. The molecule has 22 heavy (non-hydrogen) atoms. The van der Waals surface area contributed by atoms with Crippen molar-refractivity contribution in [1.29, 1.82) is 0 Å². The van der Waals surface area contributed by atoms with Gasteiger partial charge >= 0.3 is 0 Å². The van der Waals surface area contributed by atoms with Gasteiger partial charge in [-0.3, -0.25) is 4.79 Å². The summed E-state index contributed by atoms with van der Waals surface area (Å²) < 4.78 is 3.85. The molecular weight excluding hydrogens is 298 g/mol. The first-order valence-corrected chi connectivity index (χ1v) is 8.26. The average Bonchev–Trinajstić information content (AvgIpc) is 3.07. The highest BCUT2D eigenvalue weighted by atomic mass is 32.1. The number of amides is 1. The van der Waals surface area contributed by atoms with Crippen LogP contribution >= 0.6 is 11.5 Å². The highest BCUT2D eigenvalue weighted by Crippen LogP contribution is 2.27. The normalized spacial score (nSPS) is 14.8. The molecule has 0 bridgehead atoms. The van der Waals surface area contributed by atoms with Crippen LogP contribution in [0.25, 0.3) is 0 Å². The summed E-state index contributed by atoms with van der Waals surface area (Å²) in [7, 11) is 0. The fraction of sp³-hybridized carbons (Fsp3) is 0.400. The predicted molar refractivity (Wildman–Crippen MR) is 88.3 cm³/mol. The zero-order chi connectivity index (χ0) is 15.4. The molecule has 0 saturated carbocycles. The van der Waals surface area contributed by atoms with Gasteiger partial charge in [0, 0.05) is 24.2 Å². The van der Waals surface area contributed by atoms with Crippen LogP contribution < -0.4 is 16.0 Å². The molecule has 3 N–H and O–H groups in total. The molecule has 3 rings (SSSR count). The number of primary amides is 1. The van der Waals surface area contributed by atoms with E-state index in [0.29, 0.717) is 12.1 Å². The van der Waals surface area contributed by atoms with Crippen LogP contribution in [0.1, 0.15) is 35.3 Å². The first-order valence-electron chi connectivity index (χ1n) is 7.42. The molecule has 7 heteroatoms. The molecule has 1 fully saturated rings. The van der Waals surface area contributed by atoms with Gasteiger partial charge in [0.1, 0.15) is 0 Å². The lowest BCUT2D eigenvalue weighted by Crippen LogP contribution is -2.31. The molecule has 0 radical (unpaired) electrons. The van der Waals surface area contributed by atoms with Crippen molar-refractivity contribution in [3.63, 3.8) is 0 Å².